The first-order valence-corrected chi connectivity index (χ1v) is 6.74. The first kappa shape index (κ1) is 16.5. The molecule has 2 N–H and O–H groups in total. The molecule has 0 aliphatic rings. The maximum Gasteiger partial charge on any atom is 0.322 e. The van der Waals surface area contributed by atoms with Crippen molar-refractivity contribution >= 4 is 5.97 Å². The van der Waals surface area contributed by atoms with Crippen molar-refractivity contribution in [3.8, 4) is 5.75 Å². The third-order valence-electron chi connectivity index (χ3n) is 2.83. The van der Waals surface area contributed by atoms with E-state index in [1.54, 1.807) is 12.1 Å². The Morgan fingerprint density at radius 2 is 2.05 bits per heavy atom. The van der Waals surface area contributed by atoms with Crippen molar-refractivity contribution in [2.24, 2.45) is 0 Å². The summed E-state index contributed by atoms with van der Waals surface area (Å²) in [5.74, 6) is 0.348. The average molecular weight is 281 g/mol. The van der Waals surface area contributed by atoms with E-state index in [0.717, 1.165) is 5.56 Å². The number of methoxy groups -OCH3 is 1. The summed E-state index contributed by atoms with van der Waals surface area (Å²) in [6.07, 6.45) is 0.505. The minimum absolute atomic E-state index is 0.0686. The highest BCUT2D eigenvalue weighted by Gasteiger charge is 2.19. The number of esters is 1. The molecule has 1 rings (SSSR count). The average Bonchev–Trinajstić information content (AvgIpc) is 2.45. The number of para-hydroxylation sites is 1. The van der Waals surface area contributed by atoms with E-state index in [0.29, 0.717) is 18.8 Å². The van der Waals surface area contributed by atoms with E-state index in [4.69, 9.17) is 9.47 Å². The van der Waals surface area contributed by atoms with Crippen LogP contribution in [0.4, 0.5) is 0 Å². The molecule has 0 aromatic heterocycles. The molecule has 112 valence electrons. The lowest BCUT2D eigenvalue weighted by Gasteiger charge is -2.19. The molecule has 1 unspecified atom stereocenters. The van der Waals surface area contributed by atoms with Crippen LogP contribution in [0.5, 0.6) is 5.75 Å². The molecule has 0 aliphatic heterocycles. The molecule has 0 bridgehead atoms. The van der Waals surface area contributed by atoms with Crippen LogP contribution in [0.3, 0.4) is 0 Å². The molecule has 5 heteroatoms. The Hall–Kier alpha value is -1.59. The highest BCUT2D eigenvalue weighted by Crippen LogP contribution is 2.18. The summed E-state index contributed by atoms with van der Waals surface area (Å²) in [5.41, 5.74) is 0.735. The van der Waals surface area contributed by atoms with Gasteiger partial charge in [0.05, 0.1) is 20.3 Å². The molecular formula is C15H23NO4. The molecule has 0 radical (unpaired) electrons. The fourth-order valence-corrected chi connectivity index (χ4v) is 1.88. The summed E-state index contributed by atoms with van der Waals surface area (Å²) < 4.78 is 10.4. The van der Waals surface area contributed by atoms with E-state index in [2.05, 4.69) is 5.32 Å². The number of nitrogens with one attached hydrogen (secondary N) is 1. The van der Waals surface area contributed by atoms with Gasteiger partial charge >= 0.3 is 5.97 Å². The van der Waals surface area contributed by atoms with E-state index < -0.39 is 0 Å². The van der Waals surface area contributed by atoms with Gasteiger partial charge in [-0.15, -0.1) is 0 Å². The van der Waals surface area contributed by atoms with Gasteiger partial charge < -0.3 is 19.9 Å². The number of carbonyl (C=O) groups excluding carboxylic acids is 1. The predicted octanol–water partition coefficient (Wildman–Crippen LogP) is 1.49. The topological polar surface area (TPSA) is 67.8 Å². The van der Waals surface area contributed by atoms with Crippen molar-refractivity contribution in [1.82, 2.24) is 5.32 Å². The normalized spacial score (nSPS) is 12.2. The van der Waals surface area contributed by atoms with Crippen LogP contribution >= 0.6 is 0 Å². The molecule has 1 aromatic rings. The molecule has 1 atom stereocenters. The Morgan fingerprint density at radius 1 is 1.35 bits per heavy atom. The van der Waals surface area contributed by atoms with Crippen LogP contribution in [0, 0.1) is 0 Å². The minimum atomic E-state index is -0.388. The summed E-state index contributed by atoms with van der Waals surface area (Å²) in [5, 5.41) is 12.3. The molecular weight excluding hydrogens is 258 g/mol. The summed E-state index contributed by atoms with van der Waals surface area (Å²) in [6, 6.07) is 7.09. The molecule has 5 nitrogen and oxygen atoms in total. The van der Waals surface area contributed by atoms with Gasteiger partial charge in [-0.3, -0.25) is 4.79 Å². The van der Waals surface area contributed by atoms with Gasteiger partial charge in [0, 0.05) is 18.0 Å². The van der Waals surface area contributed by atoms with E-state index in [1.807, 2.05) is 26.0 Å². The van der Waals surface area contributed by atoms with Crippen molar-refractivity contribution in [2.45, 2.75) is 39.0 Å². The molecule has 0 saturated carbocycles. The molecule has 0 heterocycles. The van der Waals surface area contributed by atoms with Crippen LogP contribution in [0.15, 0.2) is 24.3 Å². The van der Waals surface area contributed by atoms with Crippen LogP contribution in [0.1, 0.15) is 25.8 Å². The van der Waals surface area contributed by atoms with E-state index in [-0.39, 0.29) is 24.7 Å². The van der Waals surface area contributed by atoms with Gasteiger partial charge in [0.2, 0.25) is 0 Å². The first-order chi connectivity index (χ1) is 9.58. The van der Waals surface area contributed by atoms with Crippen LogP contribution in [-0.2, 0) is 16.1 Å². The Balaban J connectivity index is 2.53. The van der Waals surface area contributed by atoms with Crippen molar-refractivity contribution in [3.05, 3.63) is 29.8 Å². The monoisotopic (exact) mass is 281 g/mol. The number of benzene rings is 1. The largest absolute Gasteiger partial charge is 0.493 e. The van der Waals surface area contributed by atoms with Gasteiger partial charge in [-0.1, -0.05) is 32.0 Å². The Bertz CT molecular complexity index is 420. The standard InChI is InChI=1S/C15H23NO4/c1-11(2)16-13(15(18)19-3)8-9-20-14-7-5-4-6-12(14)10-17/h4-7,11,13,16-17H,8-10H2,1-3H3. The molecule has 0 aliphatic carbocycles. The van der Waals surface area contributed by atoms with Gasteiger partial charge in [-0.25, -0.2) is 0 Å². The fraction of sp³-hybridized carbons (Fsp3) is 0.533. The Kier molecular flexibility index (Phi) is 7.04. The molecule has 1 aromatic carbocycles. The Morgan fingerprint density at radius 3 is 2.65 bits per heavy atom. The van der Waals surface area contributed by atoms with Gasteiger partial charge in [0.15, 0.2) is 0 Å². The highest BCUT2D eigenvalue weighted by atomic mass is 16.5. The summed E-state index contributed by atoms with van der Waals surface area (Å²) >= 11 is 0. The number of carbonyl (C=O) groups is 1. The maximum absolute atomic E-state index is 11.6. The zero-order valence-electron chi connectivity index (χ0n) is 12.3. The fourth-order valence-electron chi connectivity index (χ4n) is 1.88. The lowest BCUT2D eigenvalue weighted by Crippen LogP contribution is -2.42. The van der Waals surface area contributed by atoms with E-state index in [1.165, 1.54) is 7.11 Å². The Labute approximate surface area is 119 Å². The lowest BCUT2D eigenvalue weighted by atomic mass is 10.2. The number of rotatable bonds is 8. The number of hydrogen-bond donors (Lipinski definition) is 2. The maximum atomic E-state index is 11.6. The van der Waals surface area contributed by atoms with Gasteiger partial charge in [-0.05, 0) is 6.07 Å². The second-order valence-corrected chi connectivity index (χ2v) is 4.80. The predicted molar refractivity (Wildman–Crippen MR) is 76.6 cm³/mol. The SMILES string of the molecule is COC(=O)C(CCOc1ccccc1CO)NC(C)C. The van der Waals surface area contributed by atoms with Crippen LogP contribution in [-0.4, -0.2) is 36.9 Å². The second-order valence-electron chi connectivity index (χ2n) is 4.80. The summed E-state index contributed by atoms with van der Waals surface area (Å²) in [4.78, 5) is 11.6. The van der Waals surface area contributed by atoms with Crippen molar-refractivity contribution in [3.63, 3.8) is 0 Å². The van der Waals surface area contributed by atoms with Crippen molar-refractivity contribution in [2.75, 3.05) is 13.7 Å². The van der Waals surface area contributed by atoms with E-state index in [9.17, 15) is 9.90 Å². The molecule has 0 spiro atoms. The number of hydrogen-bond acceptors (Lipinski definition) is 5. The van der Waals surface area contributed by atoms with Crippen LogP contribution in [0.25, 0.3) is 0 Å². The van der Waals surface area contributed by atoms with Gasteiger partial charge in [-0.2, -0.15) is 0 Å². The third-order valence-corrected chi connectivity index (χ3v) is 2.83. The summed E-state index contributed by atoms with van der Waals surface area (Å²) in [7, 11) is 1.37. The number of aliphatic hydroxyl groups excluding tert-OH is 1. The van der Waals surface area contributed by atoms with Gasteiger partial charge in [0.1, 0.15) is 11.8 Å². The first-order valence-electron chi connectivity index (χ1n) is 6.74. The molecule has 20 heavy (non-hydrogen) atoms. The van der Waals surface area contributed by atoms with Crippen LogP contribution < -0.4 is 10.1 Å². The van der Waals surface area contributed by atoms with Crippen LogP contribution in [0.2, 0.25) is 0 Å². The zero-order chi connectivity index (χ0) is 15.0. The van der Waals surface area contributed by atoms with Crippen molar-refractivity contribution < 1.29 is 19.4 Å². The van der Waals surface area contributed by atoms with Gasteiger partial charge in [0.25, 0.3) is 0 Å². The molecule has 0 saturated heterocycles. The number of ether oxygens (including phenoxy) is 2. The third kappa shape index (κ3) is 5.19. The molecule has 0 fully saturated rings. The summed E-state index contributed by atoms with van der Waals surface area (Å²) in [6.45, 7) is 4.24. The second kappa shape index (κ2) is 8.55. The van der Waals surface area contributed by atoms with Crippen molar-refractivity contribution in [1.29, 1.82) is 0 Å². The smallest absolute Gasteiger partial charge is 0.322 e. The molecule has 0 amide bonds. The zero-order valence-corrected chi connectivity index (χ0v) is 12.3. The highest BCUT2D eigenvalue weighted by molar-refractivity contribution is 5.75. The number of aliphatic hydroxyl groups is 1. The quantitative estimate of drug-likeness (QED) is 0.707. The minimum Gasteiger partial charge on any atom is -0.493 e. The van der Waals surface area contributed by atoms with E-state index >= 15 is 0 Å². The lowest BCUT2D eigenvalue weighted by molar-refractivity contribution is -0.143.